The highest BCUT2D eigenvalue weighted by molar-refractivity contribution is 7.15. The van der Waals surface area contributed by atoms with Gasteiger partial charge < -0.3 is 10.4 Å². The molecule has 0 saturated heterocycles. The predicted molar refractivity (Wildman–Crippen MR) is 87.7 cm³/mol. The van der Waals surface area contributed by atoms with Crippen molar-refractivity contribution in [2.75, 3.05) is 0 Å². The van der Waals surface area contributed by atoms with E-state index in [2.05, 4.69) is 19.2 Å². The Bertz CT molecular complexity index is 676. The summed E-state index contributed by atoms with van der Waals surface area (Å²) in [7, 11) is 0. The van der Waals surface area contributed by atoms with E-state index < -0.39 is 5.97 Å². The Balaban J connectivity index is 2.12. The smallest absolute Gasteiger partial charge is 0.345 e. The number of thiophene rings is 1. The van der Waals surface area contributed by atoms with Gasteiger partial charge in [-0.3, -0.25) is 4.79 Å². The molecule has 0 spiro atoms. The number of carbonyl (C=O) groups is 2. The van der Waals surface area contributed by atoms with E-state index in [4.69, 9.17) is 5.11 Å². The van der Waals surface area contributed by atoms with E-state index in [1.165, 1.54) is 6.07 Å². The molecule has 0 saturated carbocycles. The molecule has 1 amide bonds. The first kappa shape index (κ1) is 16.2. The average Bonchev–Trinajstić information content (AvgIpc) is 2.98. The Morgan fingerprint density at radius 1 is 1.09 bits per heavy atom. The monoisotopic (exact) mass is 317 g/mol. The Labute approximate surface area is 133 Å². The lowest BCUT2D eigenvalue weighted by Crippen LogP contribution is -2.45. The van der Waals surface area contributed by atoms with Crippen LogP contribution in [0.15, 0.2) is 42.5 Å². The van der Waals surface area contributed by atoms with Crippen LogP contribution < -0.4 is 5.32 Å². The fraction of sp³-hybridized carbons (Fsp3) is 0.294. The van der Waals surface area contributed by atoms with Crippen molar-refractivity contribution in [3.8, 4) is 0 Å². The zero-order chi connectivity index (χ0) is 16.3. The van der Waals surface area contributed by atoms with Crippen molar-refractivity contribution < 1.29 is 14.7 Å². The van der Waals surface area contributed by atoms with Crippen LogP contribution in [-0.4, -0.2) is 23.0 Å². The van der Waals surface area contributed by atoms with Gasteiger partial charge in [0.15, 0.2) is 0 Å². The largest absolute Gasteiger partial charge is 0.477 e. The van der Waals surface area contributed by atoms with Gasteiger partial charge in [0.25, 0.3) is 5.91 Å². The van der Waals surface area contributed by atoms with E-state index in [0.717, 1.165) is 16.9 Å². The van der Waals surface area contributed by atoms with E-state index in [0.29, 0.717) is 4.88 Å². The van der Waals surface area contributed by atoms with Gasteiger partial charge in [-0.05, 0) is 24.6 Å². The number of carboxylic acid groups (broad SMARTS) is 1. The number of rotatable bonds is 5. The van der Waals surface area contributed by atoms with Crippen molar-refractivity contribution in [1.29, 1.82) is 0 Å². The number of nitrogens with one attached hydrogen (secondary N) is 1. The number of hydrogen-bond donors (Lipinski definition) is 2. The molecule has 1 heterocycles. The van der Waals surface area contributed by atoms with Gasteiger partial charge in [0.1, 0.15) is 4.88 Å². The number of hydrogen-bond acceptors (Lipinski definition) is 3. The number of carbonyl (C=O) groups excluding carboxylic acids is 1. The number of aromatic carboxylic acids is 1. The van der Waals surface area contributed by atoms with E-state index >= 15 is 0 Å². The van der Waals surface area contributed by atoms with Crippen molar-refractivity contribution in [1.82, 2.24) is 5.32 Å². The van der Waals surface area contributed by atoms with Crippen LogP contribution in [-0.2, 0) is 5.41 Å². The van der Waals surface area contributed by atoms with Crippen LogP contribution in [0.2, 0.25) is 0 Å². The molecule has 1 aromatic carbocycles. The molecule has 0 aliphatic carbocycles. The second-order valence-corrected chi connectivity index (χ2v) is 6.84. The fourth-order valence-electron chi connectivity index (χ4n) is 2.14. The number of amides is 1. The summed E-state index contributed by atoms with van der Waals surface area (Å²) in [6.45, 7) is 6.10. The maximum absolute atomic E-state index is 12.3. The SMILES string of the molecule is CC(NC(=O)c1ccc(C(=O)O)s1)C(C)(C)c1ccccc1. The van der Waals surface area contributed by atoms with E-state index in [1.807, 2.05) is 37.3 Å². The van der Waals surface area contributed by atoms with E-state index in [1.54, 1.807) is 6.07 Å². The highest BCUT2D eigenvalue weighted by atomic mass is 32.1. The highest BCUT2D eigenvalue weighted by Crippen LogP contribution is 2.27. The van der Waals surface area contributed by atoms with Crippen molar-refractivity contribution in [2.45, 2.75) is 32.2 Å². The molecule has 1 aromatic heterocycles. The van der Waals surface area contributed by atoms with Crippen LogP contribution in [0.4, 0.5) is 0 Å². The minimum Gasteiger partial charge on any atom is -0.477 e. The minimum atomic E-state index is -1.01. The van der Waals surface area contributed by atoms with Crippen LogP contribution in [0.1, 0.15) is 45.7 Å². The average molecular weight is 317 g/mol. The van der Waals surface area contributed by atoms with Gasteiger partial charge >= 0.3 is 5.97 Å². The van der Waals surface area contributed by atoms with Crippen LogP contribution in [0.25, 0.3) is 0 Å². The molecule has 2 rings (SSSR count). The standard InChI is InChI=1S/C17H19NO3S/c1-11(17(2,3)12-7-5-4-6-8-12)18-15(19)13-9-10-14(22-13)16(20)21/h4-11H,1-3H3,(H,18,19)(H,20,21). The zero-order valence-electron chi connectivity index (χ0n) is 12.8. The van der Waals surface area contributed by atoms with Crippen LogP contribution in [0.5, 0.6) is 0 Å². The summed E-state index contributed by atoms with van der Waals surface area (Å²) < 4.78 is 0. The first-order chi connectivity index (χ1) is 10.3. The molecule has 1 unspecified atom stereocenters. The first-order valence-corrected chi connectivity index (χ1v) is 7.83. The van der Waals surface area contributed by atoms with Gasteiger partial charge in [0.2, 0.25) is 0 Å². The predicted octanol–water partition coefficient (Wildman–Crippen LogP) is 3.54. The third kappa shape index (κ3) is 3.36. The van der Waals surface area contributed by atoms with E-state index in [-0.39, 0.29) is 22.2 Å². The summed E-state index contributed by atoms with van der Waals surface area (Å²) in [4.78, 5) is 23.7. The fourth-order valence-corrected chi connectivity index (χ4v) is 2.89. The molecular formula is C17H19NO3S. The molecule has 2 N–H and O–H groups in total. The van der Waals surface area contributed by atoms with Crippen LogP contribution in [0.3, 0.4) is 0 Å². The van der Waals surface area contributed by atoms with Crippen molar-refractivity contribution >= 4 is 23.2 Å². The summed E-state index contributed by atoms with van der Waals surface area (Å²) >= 11 is 0.986. The summed E-state index contributed by atoms with van der Waals surface area (Å²) in [5.74, 6) is -1.25. The van der Waals surface area contributed by atoms with Crippen molar-refractivity contribution in [2.24, 2.45) is 0 Å². The van der Waals surface area contributed by atoms with Crippen LogP contribution >= 0.6 is 11.3 Å². The van der Waals surface area contributed by atoms with E-state index in [9.17, 15) is 9.59 Å². The molecule has 2 aromatic rings. The maximum atomic E-state index is 12.3. The van der Waals surface area contributed by atoms with Gasteiger partial charge in [-0.15, -0.1) is 11.3 Å². The molecule has 22 heavy (non-hydrogen) atoms. The second kappa shape index (κ2) is 6.32. The Morgan fingerprint density at radius 3 is 2.23 bits per heavy atom. The molecule has 4 nitrogen and oxygen atoms in total. The minimum absolute atomic E-state index is 0.0993. The molecule has 116 valence electrons. The molecule has 5 heteroatoms. The number of carboxylic acids is 1. The van der Waals surface area contributed by atoms with Gasteiger partial charge in [-0.2, -0.15) is 0 Å². The van der Waals surface area contributed by atoms with Crippen LogP contribution in [0, 0.1) is 0 Å². The third-order valence-corrected chi connectivity index (χ3v) is 5.06. The molecule has 0 fully saturated rings. The first-order valence-electron chi connectivity index (χ1n) is 7.02. The summed E-state index contributed by atoms with van der Waals surface area (Å²) in [5, 5.41) is 11.9. The quantitative estimate of drug-likeness (QED) is 0.886. The maximum Gasteiger partial charge on any atom is 0.345 e. The lowest BCUT2D eigenvalue weighted by Gasteiger charge is -2.33. The summed E-state index contributed by atoms with van der Waals surface area (Å²) in [6, 6.07) is 12.9. The lowest BCUT2D eigenvalue weighted by molar-refractivity contribution is 0.0702. The molecular weight excluding hydrogens is 298 g/mol. The van der Waals surface area contributed by atoms with Crippen molar-refractivity contribution in [3.05, 3.63) is 57.8 Å². The molecule has 0 aliphatic rings. The summed E-state index contributed by atoms with van der Waals surface area (Å²) in [5.41, 5.74) is 0.907. The van der Waals surface area contributed by atoms with Gasteiger partial charge in [-0.1, -0.05) is 44.2 Å². The molecule has 0 aliphatic heterocycles. The molecule has 1 atom stereocenters. The van der Waals surface area contributed by atoms with Gasteiger partial charge in [0.05, 0.1) is 4.88 Å². The van der Waals surface area contributed by atoms with Gasteiger partial charge in [0, 0.05) is 11.5 Å². The summed E-state index contributed by atoms with van der Waals surface area (Å²) in [6.07, 6.45) is 0. The normalized spacial score (nSPS) is 12.7. The third-order valence-electron chi connectivity index (χ3n) is 3.99. The Morgan fingerprint density at radius 2 is 1.68 bits per heavy atom. The topological polar surface area (TPSA) is 66.4 Å². The highest BCUT2D eigenvalue weighted by Gasteiger charge is 2.29. The molecule has 0 bridgehead atoms. The molecule has 0 radical (unpaired) electrons. The number of benzene rings is 1. The lowest BCUT2D eigenvalue weighted by atomic mass is 9.78. The zero-order valence-corrected chi connectivity index (χ0v) is 13.6. The Hall–Kier alpha value is -2.14. The second-order valence-electron chi connectivity index (χ2n) is 5.75. The van der Waals surface area contributed by atoms with Gasteiger partial charge in [-0.25, -0.2) is 4.79 Å². The van der Waals surface area contributed by atoms with Crippen molar-refractivity contribution in [3.63, 3.8) is 0 Å². The Kier molecular flexibility index (Phi) is 4.66.